The molecule has 1 N–H and O–H groups in total. The van der Waals surface area contributed by atoms with E-state index < -0.39 is 17.4 Å². The van der Waals surface area contributed by atoms with E-state index in [9.17, 15) is 9.59 Å². The van der Waals surface area contributed by atoms with Crippen molar-refractivity contribution in [2.75, 3.05) is 0 Å². The zero-order chi connectivity index (χ0) is 13.8. The van der Waals surface area contributed by atoms with Gasteiger partial charge in [-0.1, -0.05) is 25.4 Å². The van der Waals surface area contributed by atoms with Crippen molar-refractivity contribution in [3.63, 3.8) is 0 Å². The maximum Gasteiger partial charge on any atom is 0.330 e. The van der Waals surface area contributed by atoms with E-state index in [0.29, 0.717) is 0 Å². The zero-order valence-electron chi connectivity index (χ0n) is 10.0. The van der Waals surface area contributed by atoms with Gasteiger partial charge < -0.3 is 9.84 Å². The minimum Gasteiger partial charge on any atom is -0.480 e. The molecule has 1 rings (SSSR count). The van der Waals surface area contributed by atoms with Gasteiger partial charge in [0.2, 0.25) is 5.88 Å². The van der Waals surface area contributed by atoms with E-state index in [2.05, 4.69) is 9.97 Å². The van der Waals surface area contributed by atoms with E-state index in [4.69, 9.17) is 21.4 Å². The third-order valence-corrected chi connectivity index (χ3v) is 2.97. The fourth-order valence-corrected chi connectivity index (χ4v) is 1.64. The first-order valence-electron chi connectivity index (χ1n) is 5.39. The van der Waals surface area contributed by atoms with Crippen molar-refractivity contribution in [1.29, 1.82) is 0 Å². The molecule has 1 heterocycles. The molecule has 1 aromatic heterocycles. The Kier molecular flexibility index (Phi) is 4.61. The molecule has 0 fully saturated rings. The molecule has 0 bridgehead atoms. The van der Waals surface area contributed by atoms with Gasteiger partial charge in [0, 0.05) is 0 Å². The van der Waals surface area contributed by atoms with Crippen LogP contribution in [0.5, 0.6) is 5.88 Å². The number of carboxylic acid groups (broad SMARTS) is 1. The zero-order valence-corrected chi connectivity index (χ0v) is 10.8. The van der Waals surface area contributed by atoms with Crippen LogP contribution < -0.4 is 4.74 Å². The number of rotatable bonds is 5. The van der Waals surface area contributed by atoms with Gasteiger partial charge in [-0.25, -0.2) is 0 Å². The highest BCUT2D eigenvalue weighted by Crippen LogP contribution is 2.29. The Morgan fingerprint density at radius 1 is 1.39 bits per heavy atom. The summed E-state index contributed by atoms with van der Waals surface area (Å²) in [4.78, 5) is 30.6. The SMILES string of the molecule is CCC(CC)(C(=O)O)C(=O)Oc1cncc(Cl)n1. The summed E-state index contributed by atoms with van der Waals surface area (Å²) < 4.78 is 4.93. The highest BCUT2D eigenvalue weighted by atomic mass is 35.5. The molecular formula is C11H13ClN2O4. The van der Waals surface area contributed by atoms with Crippen LogP contribution in [-0.2, 0) is 9.59 Å². The number of ether oxygens (including phenoxy) is 1. The summed E-state index contributed by atoms with van der Waals surface area (Å²) in [5, 5.41) is 9.23. The molecule has 18 heavy (non-hydrogen) atoms. The van der Waals surface area contributed by atoms with Crippen LogP contribution in [0.25, 0.3) is 0 Å². The number of nitrogens with zero attached hydrogens (tertiary/aromatic N) is 2. The minimum absolute atomic E-state index is 0.0641. The molecule has 0 aliphatic rings. The van der Waals surface area contributed by atoms with Crippen LogP contribution in [0.15, 0.2) is 12.4 Å². The number of aromatic nitrogens is 2. The van der Waals surface area contributed by atoms with Crippen molar-refractivity contribution in [1.82, 2.24) is 9.97 Å². The third kappa shape index (κ3) is 2.76. The van der Waals surface area contributed by atoms with Crippen LogP contribution in [0.4, 0.5) is 0 Å². The Morgan fingerprint density at radius 3 is 2.44 bits per heavy atom. The van der Waals surface area contributed by atoms with Gasteiger partial charge in [0.05, 0.1) is 12.4 Å². The Balaban J connectivity index is 2.96. The van der Waals surface area contributed by atoms with Gasteiger partial charge in [-0.3, -0.25) is 14.6 Å². The number of carbonyl (C=O) groups is 2. The monoisotopic (exact) mass is 272 g/mol. The number of halogens is 1. The minimum atomic E-state index is -1.57. The van der Waals surface area contributed by atoms with Crippen molar-refractivity contribution < 1.29 is 19.4 Å². The summed E-state index contributed by atoms with van der Waals surface area (Å²) in [5.74, 6) is -2.19. The van der Waals surface area contributed by atoms with Crippen LogP contribution in [0, 0.1) is 5.41 Å². The van der Waals surface area contributed by atoms with E-state index in [1.165, 1.54) is 12.4 Å². The average molecular weight is 273 g/mol. The van der Waals surface area contributed by atoms with Gasteiger partial charge in [0.1, 0.15) is 0 Å². The Bertz CT molecular complexity index is 460. The van der Waals surface area contributed by atoms with E-state index in [-0.39, 0.29) is 23.9 Å². The molecule has 0 aromatic carbocycles. The van der Waals surface area contributed by atoms with Crippen LogP contribution in [0.3, 0.4) is 0 Å². The topological polar surface area (TPSA) is 89.4 Å². The number of aliphatic carboxylic acids is 1. The quantitative estimate of drug-likeness (QED) is 0.651. The van der Waals surface area contributed by atoms with Crippen molar-refractivity contribution >= 4 is 23.5 Å². The molecule has 1 aromatic rings. The first-order chi connectivity index (χ1) is 8.46. The Hall–Kier alpha value is -1.69. The molecule has 7 heteroatoms. The molecule has 0 amide bonds. The smallest absolute Gasteiger partial charge is 0.330 e. The van der Waals surface area contributed by atoms with Crippen molar-refractivity contribution in [2.24, 2.45) is 5.41 Å². The highest BCUT2D eigenvalue weighted by molar-refractivity contribution is 6.29. The molecule has 98 valence electrons. The van der Waals surface area contributed by atoms with Crippen molar-refractivity contribution in [3.8, 4) is 5.88 Å². The summed E-state index contributed by atoms with van der Waals surface area (Å²) in [5.41, 5.74) is -1.57. The maximum atomic E-state index is 11.9. The van der Waals surface area contributed by atoms with E-state index in [0.717, 1.165) is 0 Å². The fourth-order valence-electron chi connectivity index (χ4n) is 1.50. The lowest BCUT2D eigenvalue weighted by atomic mass is 9.82. The molecule has 6 nitrogen and oxygen atoms in total. The fraction of sp³-hybridized carbons (Fsp3) is 0.455. The van der Waals surface area contributed by atoms with Gasteiger partial charge in [-0.05, 0) is 12.8 Å². The van der Waals surface area contributed by atoms with Gasteiger partial charge in [0.15, 0.2) is 10.6 Å². The molecule has 0 saturated heterocycles. The molecule has 0 aliphatic heterocycles. The first kappa shape index (κ1) is 14.4. The summed E-state index contributed by atoms with van der Waals surface area (Å²) in [6.07, 6.45) is 2.74. The number of carbonyl (C=O) groups excluding carboxylic acids is 1. The predicted molar refractivity (Wildman–Crippen MR) is 63.3 cm³/mol. The second-order valence-electron chi connectivity index (χ2n) is 3.66. The van der Waals surface area contributed by atoms with Crippen LogP contribution in [0.2, 0.25) is 5.15 Å². The molecule has 0 spiro atoms. The Labute approximate surface area is 109 Å². The summed E-state index contributed by atoms with van der Waals surface area (Å²) in [6, 6.07) is 0. The van der Waals surface area contributed by atoms with Gasteiger partial charge in [-0.15, -0.1) is 0 Å². The molecule has 0 aliphatic carbocycles. The van der Waals surface area contributed by atoms with Crippen LogP contribution in [0.1, 0.15) is 26.7 Å². The molecule has 0 unspecified atom stereocenters. The summed E-state index contributed by atoms with van der Waals surface area (Å²) in [6.45, 7) is 3.23. The highest BCUT2D eigenvalue weighted by Gasteiger charge is 2.45. The largest absolute Gasteiger partial charge is 0.480 e. The van der Waals surface area contributed by atoms with Gasteiger partial charge in [0.25, 0.3) is 0 Å². The predicted octanol–water partition coefficient (Wildman–Crippen LogP) is 1.93. The second kappa shape index (κ2) is 5.77. The van der Waals surface area contributed by atoms with Crippen LogP contribution >= 0.6 is 11.6 Å². The van der Waals surface area contributed by atoms with E-state index in [1.54, 1.807) is 13.8 Å². The third-order valence-electron chi connectivity index (χ3n) is 2.79. The maximum absolute atomic E-state index is 11.9. The molecule has 0 saturated carbocycles. The van der Waals surface area contributed by atoms with Gasteiger partial charge >= 0.3 is 11.9 Å². The van der Waals surface area contributed by atoms with E-state index in [1.807, 2.05) is 0 Å². The number of carboxylic acids is 1. The number of hydrogen-bond acceptors (Lipinski definition) is 5. The second-order valence-corrected chi connectivity index (χ2v) is 4.05. The summed E-state index contributed by atoms with van der Waals surface area (Å²) in [7, 11) is 0. The first-order valence-corrected chi connectivity index (χ1v) is 5.77. The van der Waals surface area contributed by atoms with Gasteiger partial charge in [-0.2, -0.15) is 4.98 Å². The average Bonchev–Trinajstić information content (AvgIpc) is 2.30. The molecule has 0 radical (unpaired) electrons. The summed E-state index contributed by atoms with van der Waals surface area (Å²) >= 11 is 5.59. The number of esters is 1. The molecular weight excluding hydrogens is 260 g/mol. The normalized spacial score (nSPS) is 11.1. The van der Waals surface area contributed by atoms with E-state index >= 15 is 0 Å². The van der Waals surface area contributed by atoms with Crippen LogP contribution in [-0.4, -0.2) is 27.0 Å². The van der Waals surface area contributed by atoms with Crippen molar-refractivity contribution in [3.05, 3.63) is 17.5 Å². The number of hydrogen-bond donors (Lipinski definition) is 1. The lowest BCUT2D eigenvalue weighted by Crippen LogP contribution is -2.41. The Morgan fingerprint density at radius 2 is 2.00 bits per heavy atom. The van der Waals surface area contributed by atoms with Crippen molar-refractivity contribution in [2.45, 2.75) is 26.7 Å². The lowest BCUT2D eigenvalue weighted by Gasteiger charge is -2.23. The lowest BCUT2D eigenvalue weighted by molar-refractivity contribution is -0.163. The standard InChI is InChI=1S/C11H13ClN2O4/c1-3-11(4-2,9(15)16)10(17)18-8-6-13-5-7(12)14-8/h5-6H,3-4H2,1-2H3,(H,15,16). The molecule has 0 atom stereocenters.